The molecule has 0 aromatic heterocycles. The lowest BCUT2D eigenvalue weighted by atomic mass is 9.70. The van der Waals surface area contributed by atoms with Crippen LogP contribution < -0.4 is 15.2 Å². The van der Waals surface area contributed by atoms with Crippen molar-refractivity contribution in [2.45, 2.75) is 39.2 Å². The molecule has 8 heteroatoms. The van der Waals surface area contributed by atoms with Gasteiger partial charge in [0, 0.05) is 28.5 Å². The standard InChI is InChI=1S/C26H24BrClN2O4/c1-26(2)10-19(31)24-22(11-26)34-25(30)17(12-29)23(24)14-4-6-20(32-3)15(8-14)13-33-21-7-5-16(27)9-18(21)28/h4-9,23H,10-11,13,30H2,1-3H3/t23-/m1/s1. The van der Waals surface area contributed by atoms with Gasteiger partial charge >= 0.3 is 0 Å². The van der Waals surface area contributed by atoms with Gasteiger partial charge in [-0.2, -0.15) is 5.26 Å². The number of benzene rings is 2. The number of hydrogen-bond donors (Lipinski definition) is 1. The van der Waals surface area contributed by atoms with E-state index in [1.165, 1.54) is 0 Å². The molecule has 34 heavy (non-hydrogen) atoms. The second kappa shape index (κ2) is 9.36. The van der Waals surface area contributed by atoms with Crippen molar-refractivity contribution in [3.63, 3.8) is 0 Å². The summed E-state index contributed by atoms with van der Waals surface area (Å²) in [6.45, 7) is 4.21. The number of methoxy groups -OCH3 is 1. The van der Waals surface area contributed by atoms with Gasteiger partial charge in [-0.25, -0.2) is 0 Å². The highest BCUT2D eigenvalue weighted by Crippen LogP contribution is 2.48. The molecule has 2 aromatic rings. The van der Waals surface area contributed by atoms with E-state index in [4.69, 9.17) is 31.5 Å². The van der Waals surface area contributed by atoms with E-state index >= 15 is 0 Å². The van der Waals surface area contributed by atoms with Crippen molar-refractivity contribution in [2.24, 2.45) is 11.1 Å². The van der Waals surface area contributed by atoms with Gasteiger partial charge in [-0.1, -0.05) is 47.4 Å². The predicted molar refractivity (Wildman–Crippen MR) is 132 cm³/mol. The largest absolute Gasteiger partial charge is 0.496 e. The molecule has 1 atom stereocenters. The van der Waals surface area contributed by atoms with E-state index in [2.05, 4.69) is 22.0 Å². The Balaban J connectivity index is 1.75. The zero-order valence-corrected chi connectivity index (χ0v) is 21.4. The van der Waals surface area contributed by atoms with Crippen LogP contribution in [0.5, 0.6) is 11.5 Å². The Kier molecular flexibility index (Phi) is 6.66. The minimum atomic E-state index is -0.613. The lowest BCUT2D eigenvalue weighted by Gasteiger charge is -2.37. The second-order valence-electron chi connectivity index (χ2n) is 9.14. The van der Waals surface area contributed by atoms with E-state index in [9.17, 15) is 10.1 Å². The predicted octanol–water partition coefficient (Wildman–Crippen LogP) is 6.14. The average Bonchev–Trinajstić information content (AvgIpc) is 2.76. The summed E-state index contributed by atoms with van der Waals surface area (Å²) in [5.74, 6) is 1.07. The van der Waals surface area contributed by atoms with E-state index in [1.807, 2.05) is 32.0 Å². The van der Waals surface area contributed by atoms with Crippen LogP contribution in [0, 0.1) is 16.7 Å². The third kappa shape index (κ3) is 4.66. The zero-order valence-electron chi connectivity index (χ0n) is 19.1. The van der Waals surface area contributed by atoms with Crippen molar-refractivity contribution >= 4 is 33.3 Å². The van der Waals surface area contributed by atoms with E-state index in [0.717, 1.165) is 15.6 Å². The van der Waals surface area contributed by atoms with E-state index < -0.39 is 5.92 Å². The lowest BCUT2D eigenvalue weighted by molar-refractivity contribution is -0.119. The van der Waals surface area contributed by atoms with Gasteiger partial charge < -0.3 is 19.9 Å². The monoisotopic (exact) mass is 542 g/mol. The Bertz CT molecular complexity index is 1280. The van der Waals surface area contributed by atoms with Gasteiger partial charge in [0.15, 0.2) is 5.78 Å². The Hall–Kier alpha value is -2.95. The molecule has 0 saturated carbocycles. The van der Waals surface area contributed by atoms with Crippen LogP contribution in [0.4, 0.5) is 0 Å². The Morgan fingerprint density at radius 1 is 1.24 bits per heavy atom. The maximum atomic E-state index is 13.2. The van der Waals surface area contributed by atoms with Crippen LogP contribution in [0.3, 0.4) is 0 Å². The molecular formula is C26H24BrClN2O4. The molecule has 6 nitrogen and oxygen atoms in total. The molecule has 2 aromatic carbocycles. The number of carbonyl (C=O) groups is 1. The number of nitrogens with zero attached hydrogens (tertiary/aromatic N) is 1. The van der Waals surface area contributed by atoms with Gasteiger partial charge in [-0.05, 0) is 41.3 Å². The van der Waals surface area contributed by atoms with Crippen molar-refractivity contribution in [3.05, 3.63) is 79.8 Å². The molecule has 1 heterocycles. The summed E-state index contributed by atoms with van der Waals surface area (Å²) in [4.78, 5) is 13.2. The molecule has 4 rings (SSSR count). The van der Waals surface area contributed by atoms with Crippen LogP contribution in [-0.2, 0) is 16.1 Å². The first-order valence-corrected chi connectivity index (χ1v) is 11.9. The Labute approximate surface area is 212 Å². The minimum Gasteiger partial charge on any atom is -0.496 e. The van der Waals surface area contributed by atoms with Crippen LogP contribution in [0.25, 0.3) is 0 Å². The van der Waals surface area contributed by atoms with Crippen molar-refractivity contribution in [2.75, 3.05) is 7.11 Å². The average molecular weight is 544 g/mol. The number of carbonyl (C=O) groups excluding carboxylic acids is 1. The molecule has 0 amide bonds. The summed E-state index contributed by atoms with van der Waals surface area (Å²) < 4.78 is 18.1. The Morgan fingerprint density at radius 2 is 1.97 bits per heavy atom. The molecule has 0 spiro atoms. The molecule has 2 aliphatic rings. The highest BCUT2D eigenvalue weighted by molar-refractivity contribution is 9.10. The van der Waals surface area contributed by atoms with Crippen molar-refractivity contribution in [1.29, 1.82) is 5.26 Å². The van der Waals surface area contributed by atoms with Crippen LogP contribution in [-0.4, -0.2) is 12.9 Å². The van der Waals surface area contributed by atoms with Crippen molar-refractivity contribution < 1.29 is 19.0 Å². The van der Waals surface area contributed by atoms with E-state index in [1.54, 1.807) is 25.3 Å². The molecule has 1 aliphatic carbocycles. The zero-order chi connectivity index (χ0) is 24.6. The first-order valence-electron chi connectivity index (χ1n) is 10.7. The number of hydrogen-bond acceptors (Lipinski definition) is 6. The summed E-state index contributed by atoms with van der Waals surface area (Å²) in [7, 11) is 1.57. The molecule has 2 N–H and O–H groups in total. The molecular weight excluding hydrogens is 520 g/mol. The molecule has 0 radical (unpaired) electrons. The summed E-state index contributed by atoms with van der Waals surface area (Å²) in [5, 5.41) is 10.4. The molecule has 0 bridgehead atoms. The van der Waals surface area contributed by atoms with Crippen molar-refractivity contribution in [1.82, 2.24) is 0 Å². The topological polar surface area (TPSA) is 94.6 Å². The smallest absolute Gasteiger partial charge is 0.205 e. The summed E-state index contributed by atoms with van der Waals surface area (Å²) in [6.07, 6.45) is 0.941. The second-order valence-corrected chi connectivity index (χ2v) is 10.5. The minimum absolute atomic E-state index is 0.0343. The molecule has 0 saturated heterocycles. The van der Waals surface area contributed by atoms with Crippen LogP contribution in [0.15, 0.2) is 63.7 Å². The van der Waals surface area contributed by atoms with Gasteiger partial charge in [0.25, 0.3) is 0 Å². The highest BCUT2D eigenvalue weighted by Gasteiger charge is 2.43. The fourth-order valence-electron chi connectivity index (χ4n) is 4.46. The summed E-state index contributed by atoms with van der Waals surface area (Å²) >= 11 is 9.67. The molecule has 1 aliphatic heterocycles. The first-order chi connectivity index (χ1) is 16.1. The Morgan fingerprint density at radius 3 is 2.65 bits per heavy atom. The quantitative estimate of drug-likeness (QED) is 0.487. The molecule has 176 valence electrons. The van der Waals surface area contributed by atoms with E-state index in [-0.39, 0.29) is 29.3 Å². The van der Waals surface area contributed by atoms with Gasteiger partial charge in [0.05, 0.1) is 18.1 Å². The van der Waals surface area contributed by atoms with Gasteiger partial charge in [-0.3, -0.25) is 4.79 Å². The number of Topliss-reactive ketones (excluding diaryl/α,β-unsaturated/α-hetero) is 1. The fourth-order valence-corrected chi connectivity index (χ4v) is 5.18. The SMILES string of the molecule is COc1ccc([C@@H]2C(C#N)=C(N)OC3=C2C(=O)CC(C)(C)C3)cc1COc1ccc(Br)cc1Cl. The van der Waals surface area contributed by atoms with Crippen molar-refractivity contribution in [3.8, 4) is 17.6 Å². The van der Waals surface area contributed by atoms with Crippen LogP contribution in [0.2, 0.25) is 5.02 Å². The van der Waals surface area contributed by atoms with Gasteiger partial charge in [0.1, 0.15) is 35.5 Å². The maximum Gasteiger partial charge on any atom is 0.205 e. The number of halogens is 2. The number of nitriles is 1. The molecule has 0 fully saturated rings. The number of nitrogens with two attached hydrogens (primary N) is 1. The highest BCUT2D eigenvalue weighted by atomic mass is 79.9. The normalized spacial score (nSPS) is 19.3. The fraction of sp³-hybridized carbons (Fsp3) is 0.308. The third-order valence-electron chi connectivity index (χ3n) is 5.99. The summed E-state index contributed by atoms with van der Waals surface area (Å²) in [5.41, 5.74) is 8.10. The van der Waals surface area contributed by atoms with Gasteiger partial charge in [0.2, 0.25) is 5.88 Å². The maximum absolute atomic E-state index is 13.2. The van der Waals surface area contributed by atoms with Crippen LogP contribution >= 0.6 is 27.5 Å². The number of rotatable bonds is 5. The lowest BCUT2D eigenvalue weighted by Crippen LogP contribution is -2.33. The van der Waals surface area contributed by atoms with Crippen LogP contribution in [0.1, 0.15) is 43.7 Å². The third-order valence-corrected chi connectivity index (χ3v) is 6.78. The number of ketones is 1. The molecule has 0 unspecified atom stereocenters. The number of ether oxygens (including phenoxy) is 3. The first kappa shape index (κ1) is 24.2. The van der Waals surface area contributed by atoms with Gasteiger partial charge in [-0.15, -0.1) is 0 Å². The summed E-state index contributed by atoms with van der Waals surface area (Å²) in [6, 6.07) is 13.0. The van der Waals surface area contributed by atoms with E-state index in [0.29, 0.717) is 40.7 Å². The number of allylic oxidation sites excluding steroid dienone is 3.